The first kappa shape index (κ1) is 62.4. The van der Waals surface area contributed by atoms with Crippen LogP contribution in [0.4, 0.5) is 0 Å². The Morgan fingerprint density at radius 3 is 0.766 bits per heavy atom. The summed E-state index contributed by atoms with van der Waals surface area (Å²) < 4.78 is 16.9. The van der Waals surface area contributed by atoms with Crippen LogP contribution in [0.1, 0.15) is 324 Å². The molecule has 0 bridgehead atoms. The second-order valence-corrected chi connectivity index (χ2v) is 20.9. The van der Waals surface area contributed by atoms with Crippen LogP contribution in [0.3, 0.4) is 0 Å². The molecule has 0 aliphatic rings. The standard InChI is InChI=1S/C58H112O6/c1-6-7-8-9-10-11-12-16-23-28-33-38-43-48-56(59)62-51-55(64-58(61)50-45-40-35-30-25-20-19-22-27-32-37-42-47-54(4)5)52-63-57(60)49-44-39-34-29-24-18-15-13-14-17-21-26-31-36-41-46-53(2)3/h53-55H,6-52H2,1-5H3/t55-/m0/s1. The van der Waals surface area contributed by atoms with Gasteiger partial charge >= 0.3 is 17.9 Å². The van der Waals surface area contributed by atoms with Gasteiger partial charge in [-0.25, -0.2) is 0 Å². The van der Waals surface area contributed by atoms with Gasteiger partial charge < -0.3 is 14.2 Å². The fourth-order valence-electron chi connectivity index (χ4n) is 8.87. The quantitative estimate of drug-likeness (QED) is 0.0344. The van der Waals surface area contributed by atoms with Crippen LogP contribution in [-0.4, -0.2) is 37.2 Å². The molecule has 0 aromatic rings. The molecule has 6 heteroatoms. The third kappa shape index (κ3) is 51.4. The summed E-state index contributed by atoms with van der Waals surface area (Å²) in [5.74, 6) is 0.842. The molecular formula is C58H112O6. The van der Waals surface area contributed by atoms with Gasteiger partial charge in [0.25, 0.3) is 0 Å². The summed E-state index contributed by atoms with van der Waals surface area (Å²) in [6, 6.07) is 0. The highest BCUT2D eigenvalue weighted by Crippen LogP contribution is 2.18. The Balaban J connectivity index is 4.28. The summed E-state index contributed by atoms with van der Waals surface area (Å²) in [5.41, 5.74) is 0. The van der Waals surface area contributed by atoms with Crippen LogP contribution >= 0.6 is 0 Å². The summed E-state index contributed by atoms with van der Waals surface area (Å²) in [6.45, 7) is 11.4. The number of hydrogen-bond donors (Lipinski definition) is 0. The fourth-order valence-corrected chi connectivity index (χ4v) is 8.87. The Kier molecular flexibility index (Phi) is 49.6. The van der Waals surface area contributed by atoms with Crippen molar-refractivity contribution in [2.24, 2.45) is 11.8 Å². The van der Waals surface area contributed by atoms with Crippen LogP contribution in [0.2, 0.25) is 0 Å². The van der Waals surface area contributed by atoms with E-state index in [1.165, 1.54) is 212 Å². The molecule has 0 saturated carbocycles. The van der Waals surface area contributed by atoms with Crippen LogP contribution in [0.25, 0.3) is 0 Å². The van der Waals surface area contributed by atoms with Gasteiger partial charge in [-0.1, -0.05) is 285 Å². The van der Waals surface area contributed by atoms with Crippen molar-refractivity contribution in [3.63, 3.8) is 0 Å². The molecular weight excluding hydrogens is 793 g/mol. The first-order chi connectivity index (χ1) is 31.2. The predicted molar refractivity (Wildman–Crippen MR) is 275 cm³/mol. The molecule has 0 aromatic carbocycles. The second-order valence-electron chi connectivity index (χ2n) is 20.9. The van der Waals surface area contributed by atoms with Crippen molar-refractivity contribution in [2.45, 2.75) is 330 Å². The lowest BCUT2D eigenvalue weighted by atomic mass is 10.0. The summed E-state index contributed by atoms with van der Waals surface area (Å²) in [7, 11) is 0. The highest BCUT2D eigenvalue weighted by atomic mass is 16.6. The normalized spacial score (nSPS) is 12.0. The van der Waals surface area contributed by atoms with Crippen molar-refractivity contribution < 1.29 is 28.6 Å². The summed E-state index contributed by atoms with van der Waals surface area (Å²) in [4.78, 5) is 38.1. The molecule has 0 heterocycles. The van der Waals surface area contributed by atoms with Crippen LogP contribution in [0.5, 0.6) is 0 Å². The maximum absolute atomic E-state index is 12.8. The van der Waals surface area contributed by atoms with Gasteiger partial charge in [0.1, 0.15) is 13.2 Å². The van der Waals surface area contributed by atoms with E-state index in [9.17, 15) is 14.4 Å². The van der Waals surface area contributed by atoms with Crippen molar-refractivity contribution in [3.05, 3.63) is 0 Å². The van der Waals surface area contributed by atoms with E-state index >= 15 is 0 Å². The fraction of sp³-hybridized carbons (Fsp3) is 0.948. The van der Waals surface area contributed by atoms with E-state index in [1.54, 1.807) is 0 Å². The Labute approximate surface area is 399 Å². The maximum atomic E-state index is 12.8. The molecule has 0 aromatic heterocycles. The monoisotopic (exact) mass is 905 g/mol. The van der Waals surface area contributed by atoms with E-state index in [4.69, 9.17) is 14.2 Å². The summed E-state index contributed by atoms with van der Waals surface area (Å²) in [5, 5.41) is 0. The molecule has 0 radical (unpaired) electrons. The van der Waals surface area contributed by atoms with E-state index in [2.05, 4.69) is 34.6 Å². The second kappa shape index (κ2) is 50.8. The SMILES string of the molecule is CCCCCCCCCCCCCCCC(=O)OC[C@@H](COC(=O)CCCCCCCCCCCCCCCCCC(C)C)OC(=O)CCCCCCCCCCCCCCC(C)C. The van der Waals surface area contributed by atoms with Gasteiger partial charge in [0, 0.05) is 19.3 Å². The Hall–Kier alpha value is -1.59. The van der Waals surface area contributed by atoms with E-state index in [0.717, 1.165) is 69.6 Å². The molecule has 64 heavy (non-hydrogen) atoms. The minimum atomic E-state index is -0.762. The lowest BCUT2D eigenvalue weighted by Crippen LogP contribution is -2.30. The molecule has 0 spiro atoms. The maximum Gasteiger partial charge on any atom is 0.306 e. The molecule has 0 amide bonds. The molecule has 380 valence electrons. The first-order valence-corrected chi connectivity index (χ1v) is 28.7. The van der Waals surface area contributed by atoms with Crippen LogP contribution in [0.15, 0.2) is 0 Å². The highest BCUT2D eigenvalue weighted by Gasteiger charge is 2.19. The number of unbranched alkanes of at least 4 members (excludes halogenated alkanes) is 37. The van der Waals surface area contributed by atoms with Gasteiger partial charge in [0.2, 0.25) is 0 Å². The van der Waals surface area contributed by atoms with Gasteiger partial charge in [-0.05, 0) is 31.1 Å². The Morgan fingerprint density at radius 1 is 0.297 bits per heavy atom. The molecule has 0 fully saturated rings. The number of ether oxygens (including phenoxy) is 3. The minimum absolute atomic E-state index is 0.0627. The zero-order chi connectivity index (χ0) is 46.8. The molecule has 0 aliphatic carbocycles. The largest absolute Gasteiger partial charge is 0.462 e. The molecule has 0 unspecified atom stereocenters. The van der Waals surface area contributed by atoms with E-state index < -0.39 is 6.10 Å². The first-order valence-electron chi connectivity index (χ1n) is 28.7. The number of rotatable bonds is 52. The summed E-state index contributed by atoms with van der Waals surface area (Å²) in [6.07, 6.45) is 53.7. The van der Waals surface area contributed by atoms with Crippen LogP contribution < -0.4 is 0 Å². The predicted octanol–water partition coefficient (Wildman–Crippen LogP) is 18.9. The average Bonchev–Trinajstić information content (AvgIpc) is 3.27. The minimum Gasteiger partial charge on any atom is -0.462 e. The van der Waals surface area contributed by atoms with E-state index in [-0.39, 0.29) is 31.1 Å². The number of carbonyl (C=O) groups excluding carboxylic acids is 3. The van der Waals surface area contributed by atoms with Crippen molar-refractivity contribution in [2.75, 3.05) is 13.2 Å². The molecule has 0 N–H and O–H groups in total. The van der Waals surface area contributed by atoms with Crippen LogP contribution in [0, 0.1) is 11.8 Å². The van der Waals surface area contributed by atoms with Gasteiger partial charge in [-0.15, -0.1) is 0 Å². The number of hydrogen-bond acceptors (Lipinski definition) is 6. The van der Waals surface area contributed by atoms with Gasteiger partial charge in [-0.3, -0.25) is 14.4 Å². The molecule has 1 atom stereocenters. The van der Waals surface area contributed by atoms with Crippen molar-refractivity contribution in [1.82, 2.24) is 0 Å². The van der Waals surface area contributed by atoms with Gasteiger partial charge in [-0.2, -0.15) is 0 Å². The third-order valence-electron chi connectivity index (χ3n) is 13.2. The van der Waals surface area contributed by atoms with Crippen molar-refractivity contribution >= 4 is 17.9 Å². The molecule has 0 saturated heterocycles. The van der Waals surface area contributed by atoms with Gasteiger partial charge in [0.05, 0.1) is 0 Å². The molecule has 6 nitrogen and oxygen atoms in total. The number of esters is 3. The highest BCUT2D eigenvalue weighted by molar-refractivity contribution is 5.71. The lowest BCUT2D eigenvalue weighted by molar-refractivity contribution is -0.167. The van der Waals surface area contributed by atoms with E-state index in [1.807, 2.05) is 0 Å². The van der Waals surface area contributed by atoms with E-state index in [0.29, 0.717) is 19.3 Å². The lowest BCUT2D eigenvalue weighted by Gasteiger charge is -2.18. The smallest absolute Gasteiger partial charge is 0.306 e. The van der Waals surface area contributed by atoms with Crippen molar-refractivity contribution in [3.8, 4) is 0 Å². The topological polar surface area (TPSA) is 78.9 Å². The molecule has 0 aliphatic heterocycles. The summed E-state index contributed by atoms with van der Waals surface area (Å²) >= 11 is 0. The van der Waals surface area contributed by atoms with Crippen molar-refractivity contribution in [1.29, 1.82) is 0 Å². The van der Waals surface area contributed by atoms with Crippen LogP contribution in [-0.2, 0) is 28.6 Å². The Morgan fingerprint density at radius 2 is 0.516 bits per heavy atom. The number of carbonyl (C=O) groups is 3. The third-order valence-corrected chi connectivity index (χ3v) is 13.2. The zero-order valence-corrected chi connectivity index (χ0v) is 43.9. The zero-order valence-electron chi connectivity index (χ0n) is 43.9. The molecule has 0 rings (SSSR count). The average molecular weight is 906 g/mol. The Bertz CT molecular complexity index is 978. The van der Waals surface area contributed by atoms with Gasteiger partial charge in [0.15, 0.2) is 6.10 Å².